The van der Waals surface area contributed by atoms with E-state index in [0.717, 1.165) is 29.5 Å². The van der Waals surface area contributed by atoms with Gasteiger partial charge in [0.05, 0.1) is 12.7 Å². The van der Waals surface area contributed by atoms with Crippen LogP contribution in [0.2, 0.25) is 0 Å². The molecule has 19 heavy (non-hydrogen) atoms. The lowest BCUT2D eigenvalue weighted by atomic mass is 10.2. The Morgan fingerprint density at radius 2 is 2.32 bits per heavy atom. The van der Waals surface area contributed by atoms with Crippen molar-refractivity contribution < 1.29 is 14.0 Å². The first-order chi connectivity index (χ1) is 9.28. The quantitative estimate of drug-likeness (QED) is 0.866. The third-order valence-electron chi connectivity index (χ3n) is 3.05. The van der Waals surface area contributed by atoms with E-state index in [4.69, 9.17) is 14.0 Å². The Morgan fingerprint density at radius 1 is 1.42 bits per heavy atom. The molecule has 5 nitrogen and oxygen atoms in total. The summed E-state index contributed by atoms with van der Waals surface area (Å²) in [5.41, 5.74) is 0.796. The summed E-state index contributed by atoms with van der Waals surface area (Å²) in [6.07, 6.45) is 1.89. The van der Waals surface area contributed by atoms with Crippen LogP contribution in [0.25, 0.3) is 11.4 Å². The maximum Gasteiger partial charge on any atom is 0.256 e. The number of hydrogen-bond donors (Lipinski definition) is 0. The molecule has 2 heterocycles. The van der Waals surface area contributed by atoms with Crippen molar-refractivity contribution in [2.75, 3.05) is 13.7 Å². The third-order valence-corrected chi connectivity index (χ3v) is 3.54. The van der Waals surface area contributed by atoms with Crippen molar-refractivity contribution in [3.05, 3.63) is 28.6 Å². The molecule has 100 valence electrons. The summed E-state index contributed by atoms with van der Waals surface area (Å²) in [6.45, 7) is 0.753. The van der Waals surface area contributed by atoms with Crippen molar-refractivity contribution in [1.29, 1.82) is 0 Å². The summed E-state index contributed by atoms with van der Waals surface area (Å²) in [6, 6.07) is 5.67. The number of rotatable bonds is 3. The van der Waals surface area contributed by atoms with Crippen LogP contribution in [0.1, 0.15) is 24.8 Å². The fraction of sp³-hybridized carbons (Fsp3) is 0.385. The Kier molecular flexibility index (Phi) is 3.52. The van der Waals surface area contributed by atoms with E-state index in [2.05, 4.69) is 26.1 Å². The topological polar surface area (TPSA) is 57.4 Å². The smallest absolute Gasteiger partial charge is 0.256 e. The van der Waals surface area contributed by atoms with Crippen molar-refractivity contribution >= 4 is 15.9 Å². The molecule has 1 aromatic carbocycles. The van der Waals surface area contributed by atoms with Crippen LogP contribution in [0, 0.1) is 0 Å². The Morgan fingerprint density at radius 3 is 3.05 bits per heavy atom. The molecule has 0 aliphatic carbocycles. The van der Waals surface area contributed by atoms with E-state index in [9.17, 15) is 0 Å². The molecule has 3 rings (SSSR count). The van der Waals surface area contributed by atoms with Gasteiger partial charge in [-0.1, -0.05) is 21.1 Å². The lowest BCUT2D eigenvalue weighted by molar-refractivity contribution is 0.0835. The fourth-order valence-electron chi connectivity index (χ4n) is 2.10. The molecule has 0 amide bonds. The predicted molar refractivity (Wildman–Crippen MR) is 71.9 cm³/mol. The molecule has 0 bridgehead atoms. The van der Waals surface area contributed by atoms with Crippen LogP contribution in [0.15, 0.2) is 27.2 Å². The molecule has 1 aromatic heterocycles. The van der Waals surface area contributed by atoms with Crippen LogP contribution in [-0.4, -0.2) is 23.9 Å². The highest BCUT2D eigenvalue weighted by atomic mass is 79.9. The molecule has 0 saturated carbocycles. The highest BCUT2D eigenvalue weighted by Gasteiger charge is 2.24. The van der Waals surface area contributed by atoms with Crippen molar-refractivity contribution in [3.8, 4) is 17.1 Å². The van der Waals surface area contributed by atoms with Crippen LogP contribution in [0.5, 0.6) is 5.75 Å². The number of aromatic nitrogens is 2. The normalized spacial score (nSPS) is 18.7. The van der Waals surface area contributed by atoms with E-state index in [0.29, 0.717) is 17.5 Å². The van der Waals surface area contributed by atoms with E-state index in [1.54, 1.807) is 7.11 Å². The molecule has 0 N–H and O–H groups in total. The summed E-state index contributed by atoms with van der Waals surface area (Å²) >= 11 is 3.43. The zero-order valence-electron chi connectivity index (χ0n) is 10.4. The van der Waals surface area contributed by atoms with Gasteiger partial charge in [-0.25, -0.2) is 0 Å². The Labute approximate surface area is 119 Å². The average Bonchev–Trinajstić information content (AvgIpc) is 3.09. The van der Waals surface area contributed by atoms with Gasteiger partial charge in [0.2, 0.25) is 5.82 Å². The minimum Gasteiger partial charge on any atom is -0.496 e. The molecule has 0 spiro atoms. The van der Waals surface area contributed by atoms with E-state index < -0.39 is 0 Å². The highest BCUT2D eigenvalue weighted by molar-refractivity contribution is 9.10. The standard InChI is InChI=1S/C13H13BrN2O3/c1-17-10-5-4-8(14)7-9(10)12-15-13(19-16-12)11-3-2-6-18-11/h4-5,7,11H,2-3,6H2,1H3/t11-/m1/s1. The van der Waals surface area contributed by atoms with Gasteiger partial charge in [-0.2, -0.15) is 4.98 Å². The minimum absolute atomic E-state index is 0.0700. The molecule has 6 heteroatoms. The summed E-state index contributed by atoms with van der Waals surface area (Å²) in [5, 5.41) is 4.01. The Bertz CT molecular complexity index is 579. The van der Waals surface area contributed by atoms with Crippen LogP contribution in [-0.2, 0) is 4.74 Å². The molecular weight excluding hydrogens is 312 g/mol. The number of hydrogen-bond acceptors (Lipinski definition) is 5. The van der Waals surface area contributed by atoms with Crippen LogP contribution >= 0.6 is 15.9 Å². The number of benzene rings is 1. The molecule has 1 aliphatic heterocycles. The van der Waals surface area contributed by atoms with E-state index in [1.165, 1.54) is 0 Å². The second-order valence-corrected chi connectivity index (χ2v) is 5.22. The Hall–Kier alpha value is -1.40. The largest absolute Gasteiger partial charge is 0.496 e. The molecule has 2 aromatic rings. The van der Waals surface area contributed by atoms with Gasteiger partial charge in [-0.15, -0.1) is 0 Å². The van der Waals surface area contributed by atoms with Gasteiger partial charge >= 0.3 is 0 Å². The van der Waals surface area contributed by atoms with Gasteiger partial charge in [-0.3, -0.25) is 0 Å². The number of halogens is 1. The molecule has 1 atom stereocenters. The van der Waals surface area contributed by atoms with Gasteiger partial charge < -0.3 is 14.0 Å². The van der Waals surface area contributed by atoms with E-state index >= 15 is 0 Å². The maximum atomic E-state index is 5.53. The minimum atomic E-state index is -0.0700. The number of nitrogens with zero attached hydrogens (tertiary/aromatic N) is 2. The van der Waals surface area contributed by atoms with Gasteiger partial charge in [0.25, 0.3) is 5.89 Å². The molecule has 0 radical (unpaired) electrons. The molecule has 1 saturated heterocycles. The van der Waals surface area contributed by atoms with Crippen LogP contribution in [0.3, 0.4) is 0 Å². The summed E-state index contributed by atoms with van der Waals surface area (Å²) in [4.78, 5) is 4.41. The zero-order valence-corrected chi connectivity index (χ0v) is 12.0. The zero-order chi connectivity index (χ0) is 13.2. The molecule has 1 fully saturated rings. The molecular formula is C13H13BrN2O3. The lowest BCUT2D eigenvalue weighted by Gasteiger charge is -2.05. The maximum absolute atomic E-state index is 5.53. The summed E-state index contributed by atoms with van der Waals surface area (Å²) in [7, 11) is 1.62. The monoisotopic (exact) mass is 324 g/mol. The van der Waals surface area contributed by atoms with E-state index in [1.807, 2.05) is 18.2 Å². The summed E-state index contributed by atoms with van der Waals surface area (Å²) < 4.78 is 17.1. The number of methoxy groups -OCH3 is 1. The van der Waals surface area contributed by atoms with Gasteiger partial charge in [0.1, 0.15) is 11.9 Å². The van der Waals surface area contributed by atoms with Gasteiger partial charge in [-0.05, 0) is 31.0 Å². The second-order valence-electron chi connectivity index (χ2n) is 4.30. The van der Waals surface area contributed by atoms with Crippen LogP contribution < -0.4 is 4.74 Å². The van der Waals surface area contributed by atoms with E-state index in [-0.39, 0.29) is 6.10 Å². The summed E-state index contributed by atoms with van der Waals surface area (Å²) in [5.74, 6) is 1.76. The molecule has 1 aliphatic rings. The lowest BCUT2D eigenvalue weighted by Crippen LogP contribution is -1.96. The SMILES string of the molecule is COc1ccc(Br)cc1-c1noc([C@H]2CCCO2)n1. The second kappa shape index (κ2) is 5.30. The molecule has 0 unspecified atom stereocenters. The third kappa shape index (κ3) is 2.50. The first-order valence-corrected chi connectivity index (χ1v) is 6.86. The van der Waals surface area contributed by atoms with Crippen molar-refractivity contribution in [3.63, 3.8) is 0 Å². The Balaban J connectivity index is 1.95. The van der Waals surface area contributed by atoms with Crippen molar-refractivity contribution in [2.24, 2.45) is 0 Å². The van der Waals surface area contributed by atoms with Crippen LogP contribution in [0.4, 0.5) is 0 Å². The van der Waals surface area contributed by atoms with Gasteiger partial charge in [0.15, 0.2) is 0 Å². The average molecular weight is 325 g/mol. The van der Waals surface area contributed by atoms with Crippen molar-refractivity contribution in [1.82, 2.24) is 10.1 Å². The van der Waals surface area contributed by atoms with Crippen molar-refractivity contribution in [2.45, 2.75) is 18.9 Å². The predicted octanol–water partition coefficient (Wildman–Crippen LogP) is 3.36. The first-order valence-electron chi connectivity index (χ1n) is 6.07. The fourth-order valence-corrected chi connectivity index (χ4v) is 2.46. The number of ether oxygens (including phenoxy) is 2. The highest BCUT2D eigenvalue weighted by Crippen LogP contribution is 2.33. The van der Waals surface area contributed by atoms with Gasteiger partial charge in [0, 0.05) is 11.1 Å². The first kappa shape index (κ1) is 12.6.